The van der Waals surface area contributed by atoms with Crippen LogP contribution in [-0.2, 0) is 17.5 Å². The summed E-state index contributed by atoms with van der Waals surface area (Å²) >= 11 is 0. The molecule has 2 aromatic rings. The molecule has 2 N–H and O–H groups in total. The monoisotopic (exact) mass is 316 g/mol. The van der Waals surface area contributed by atoms with Crippen molar-refractivity contribution in [2.24, 2.45) is 0 Å². The lowest BCUT2D eigenvalue weighted by Crippen LogP contribution is -2.25. The van der Waals surface area contributed by atoms with E-state index < -0.39 is 16.9 Å². The van der Waals surface area contributed by atoms with Crippen molar-refractivity contribution in [3.8, 4) is 0 Å². The van der Waals surface area contributed by atoms with Crippen LogP contribution in [0.3, 0.4) is 0 Å². The van der Waals surface area contributed by atoms with Gasteiger partial charge in [0.05, 0.1) is 17.0 Å². The molecule has 0 aromatic heterocycles. The second-order valence-electron chi connectivity index (χ2n) is 4.72. The van der Waals surface area contributed by atoms with Crippen molar-refractivity contribution in [2.45, 2.75) is 11.4 Å². The normalized spacial score (nSPS) is 16.5. The molecule has 22 heavy (non-hydrogen) atoms. The Balaban J connectivity index is 1.81. The average molecular weight is 316 g/mol. The fraction of sp³-hybridized carbons (Fsp3) is 0.0667. The van der Waals surface area contributed by atoms with E-state index >= 15 is 0 Å². The van der Waals surface area contributed by atoms with Crippen molar-refractivity contribution in [3.05, 3.63) is 65.2 Å². The Morgan fingerprint density at radius 1 is 1.14 bits per heavy atom. The molecule has 0 radical (unpaired) electrons. The van der Waals surface area contributed by atoms with E-state index in [-0.39, 0.29) is 12.5 Å². The molecular formula is C15H12N2O4S. The zero-order valence-corrected chi connectivity index (χ0v) is 12.2. The van der Waals surface area contributed by atoms with Crippen molar-refractivity contribution in [1.82, 2.24) is 9.79 Å². The van der Waals surface area contributed by atoms with Crippen molar-refractivity contribution < 1.29 is 19.0 Å². The largest absolute Gasteiger partial charge is 0.288 e. The number of rotatable bonds is 3. The summed E-state index contributed by atoms with van der Waals surface area (Å²) in [5.41, 5.74) is 3.04. The maximum atomic E-state index is 12.4. The van der Waals surface area contributed by atoms with Crippen LogP contribution in [0.4, 0.5) is 0 Å². The third kappa shape index (κ3) is 2.40. The Kier molecular flexibility index (Phi) is 3.74. The maximum Gasteiger partial charge on any atom is 0.274 e. The van der Waals surface area contributed by atoms with E-state index in [0.717, 1.165) is 5.56 Å². The molecule has 2 amide bonds. The van der Waals surface area contributed by atoms with Crippen LogP contribution in [0.25, 0.3) is 0 Å². The van der Waals surface area contributed by atoms with Gasteiger partial charge in [0.2, 0.25) is 0 Å². The van der Waals surface area contributed by atoms with Gasteiger partial charge in [0.25, 0.3) is 11.8 Å². The Hall–Kier alpha value is -2.51. The summed E-state index contributed by atoms with van der Waals surface area (Å²) < 4.78 is 13.6. The minimum atomic E-state index is -1.52. The lowest BCUT2D eigenvalue weighted by atomic mass is 10.1. The lowest BCUT2D eigenvalue weighted by Gasteiger charge is -2.14. The van der Waals surface area contributed by atoms with Gasteiger partial charge in [-0.25, -0.2) is 14.0 Å². The molecule has 1 aliphatic heterocycles. The van der Waals surface area contributed by atoms with Crippen LogP contribution >= 0.6 is 0 Å². The molecule has 7 heteroatoms. The van der Waals surface area contributed by atoms with Gasteiger partial charge in [0.1, 0.15) is 0 Å². The Bertz CT molecular complexity index is 738. The molecule has 0 bridgehead atoms. The lowest BCUT2D eigenvalue weighted by molar-refractivity contribution is 0.0706. The fourth-order valence-electron chi connectivity index (χ4n) is 2.25. The minimum Gasteiger partial charge on any atom is -0.288 e. The van der Waals surface area contributed by atoms with Gasteiger partial charge in [-0.2, -0.15) is 0 Å². The molecule has 0 aliphatic carbocycles. The molecular weight excluding hydrogens is 304 g/mol. The highest BCUT2D eigenvalue weighted by Gasteiger charge is 2.34. The number of nitrogens with one attached hydrogen (secondary N) is 1. The first-order valence-corrected chi connectivity index (χ1v) is 7.58. The van der Waals surface area contributed by atoms with Crippen LogP contribution in [0.5, 0.6) is 0 Å². The van der Waals surface area contributed by atoms with E-state index in [9.17, 15) is 13.8 Å². The first-order chi connectivity index (χ1) is 10.6. The Morgan fingerprint density at radius 2 is 1.82 bits per heavy atom. The van der Waals surface area contributed by atoms with Crippen molar-refractivity contribution in [1.29, 1.82) is 0 Å². The highest BCUT2D eigenvalue weighted by Crippen LogP contribution is 2.28. The van der Waals surface area contributed by atoms with Crippen molar-refractivity contribution in [2.75, 3.05) is 0 Å². The van der Waals surface area contributed by atoms with E-state index in [0.29, 0.717) is 16.0 Å². The predicted octanol–water partition coefficient (Wildman–Crippen LogP) is 1.48. The highest BCUT2D eigenvalue weighted by molar-refractivity contribution is 7.83. The number of hydrogen-bond acceptors (Lipinski definition) is 4. The molecule has 112 valence electrons. The van der Waals surface area contributed by atoms with E-state index in [1.54, 1.807) is 41.9 Å². The van der Waals surface area contributed by atoms with Gasteiger partial charge < -0.3 is 0 Å². The summed E-state index contributed by atoms with van der Waals surface area (Å²) in [5.74, 6) is -0.883. The van der Waals surface area contributed by atoms with E-state index in [1.165, 1.54) is 16.4 Å². The summed E-state index contributed by atoms with van der Waals surface area (Å²) in [6, 6.07) is 13.2. The standard InChI is InChI=1S/C15H12N2O4S/c18-14(16-20)11-7-5-10(6-8-11)9-17-15(19)12-3-1-2-4-13(12)22(17)21/h1-8,20H,9H2,(H,16,18). The molecule has 2 aromatic carbocycles. The summed E-state index contributed by atoms with van der Waals surface area (Å²) in [4.78, 5) is 24.0. The fourth-order valence-corrected chi connectivity index (χ4v) is 3.54. The minimum absolute atomic E-state index is 0.182. The van der Waals surface area contributed by atoms with Crippen LogP contribution in [0.1, 0.15) is 26.3 Å². The van der Waals surface area contributed by atoms with Crippen LogP contribution in [0.15, 0.2) is 53.4 Å². The van der Waals surface area contributed by atoms with Gasteiger partial charge in [-0.05, 0) is 29.8 Å². The van der Waals surface area contributed by atoms with Gasteiger partial charge in [-0.1, -0.05) is 24.3 Å². The van der Waals surface area contributed by atoms with Crippen molar-refractivity contribution >= 4 is 22.8 Å². The molecule has 0 saturated carbocycles. The number of benzene rings is 2. The number of hydrogen-bond donors (Lipinski definition) is 2. The quantitative estimate of drug-likeness (QED) is 0.663. The van der Waals surface area contributed by atoms with Crippen LogP contribution in [0.2, 0.25) is 0 Å². The molecule has 0 saturated heterocycles. The van der Waals surface area contributed by atoms with Crippen LogP contribution in [0, 0.1) is 0 Å². The SMILES string of the molecule is O=C(NO)c1ccc(CN2C(=O)c3ccccc3S2=O)cc1. The molecule has 1 heterocycles. The third-order valence-corrected chi connectivity index (χ3v) is 4.80. The predicted molar refractivity (Wildman–Crippen MR) is 78.4 cm³/mol. The van der Waals surface area contributed by atoms with Crippen LogP contribution in [-0.4, -0.2) is 25.5 Å². The zero-order valence-electron chi connectivity index (χ0n) is 11.4. The van der Waals surface area contributed by atoms with Gasteiger partial charge in [-0.15, -0.1) is 0 Å². The third-order valence-electron chi connectivity index (χ3n) is 3.38. The van der Waals surface area contributed by atoms with Gasteiger partial charge in [-0.3, -0.25) is 14.8 Å². The van der Waals surface area contributed by atoms with Crippen LogP contribution < -0.4 is 5.48 Å². The first-order valence-electron chi connectivity index (χ1n) is 6.48. The molecule has 3 rings (SSSR count). The summed E-state index contributed by atoms with van der Waals surface area (Å²) in [6.07, 6.45) is 0. The Morgan fingerprint density at radius 3 is 2.45 bits per heavy atom. The first kappa shape index (κ1) is 14.4. The molecule has 1 unspecified atom stereocenters. The second kappa shape index (κ2) is 5.70. The van der Waals surface area contributed by atoms with E-state index in [2.05, 4.69) is 0 Å². The number of carbonyl (C=O) groups is 2. The van der Waals surface area contributed by atoms with Gasteiger partial charge >= 0.3 is 0 Å². The van der Waals surface area contributed by atoms with Gasteiger partial charge in [0, 0.05) is 5.56 Å². The number of carbonyl (C=O) groups excluding carboxylic acids is 2. The van der Waals surface area contributed by atoms with E-state index in [1.807, 2.05) is 0 Å². The molecule has 1 atom stereocenters. The zero-order chi connectivity index (χ0) is 15.7. The van der Waals surface area contributed by atoms with Gasteiger partial charge in [0.15, 0.2) is 11.0 Å². The Labute approximate surface area is 128 Å². The topological polar surface area (TPSA) is 86.7 Å². The number of amides is 2. The maximum absolute atomic E-state index is 12.4. The summed E-state index contributed by atoms with van der Waals surface area (Å²) in [5, 5.41) is 8.56. The summed E-state index contributed by atoms with van der Waals surface area (Å²) in [7, 11) is -1.52. The molecule has 6 nitrogen and oxygen atoms in total. The average Bonchev–Trinajstić information content (AvgIpc) is 2.80. The van der Waals surface area contributed by atoms with E-state index in [4.69, 9.17) is 5.21 Å². The smallest absolute Gasteiger partial charge is 0.274 e. The number of hydroxylamine groups is 1. The van der Waals surface area contributed by atoms with Crippen molar-refractivity contribution in [3.63, 3.8) is 0 Å². The molecule has 1 aliphatic rings. The molecule has 0 spiro atoms. The number of nitrogens with zero attached hydrogens (tertiary/aromatic N) is 1. The number of fused-ring (bicyclic) bond motifs is 1. The second-order valence-corrected chi connectivity index (χ2v) is 6.10. The molecule has 0 fully saturated rings. The summed E-state index contributed by atoms with van der Waals surface area (Å²) in [6.45, 7) is 0.182. The highest BCUT2D eigenvalue weighted by atomic mass is 32.2.